The molecule has 2 amide bonds. The maximum absolute atomic E-state index is 12.5. The van der Waals surface area contributed by atoms with Gasteiger partial charge in [0.1, 0.15) is 17.6 Å². The average Bonchev–Trinajstić information content (AvgIpc) is 3.16. The van der Waals surface area contributed by atoms with E-state index in [0.29, 0.717) is 6.54 Å². The largest absolute Gasteiger partial charge is 0.497 e. The number of aromatic nitrogens is 2. The van der Waals surface area contributed by atoms with Gasteiger partial charge in [-0.25, -0.2) is 9.78 Å². The summed E-state index contributed by atoms with van der Waals surface area (Å²) >= 11 is 1.71. The normalized spacial score (nSPS) is 11.6. The van der Waals surface area contributed by atoms with Gasteiger partial charge in [0.2, 0.25) is 0 Å². The lowest BCUT2D eigenvalue weighted by atomic mass is 10.1. The molecule has 1 aromatic heterocycles. The minimum atomic E-state index is -0.378. The van der Waals surface area contributed by atoms with E-state index in [4.69, 9.17) is 4.74 Å². The summed E-state index contributed by atoms with van der Waals surface area (Å²) in [6, 6.07) is 17.2. The number of carbonyl (C=O) groups excluding carboxylic acids is 1. The second-order valence-electron chi connectivity index (χ2n) is 6.17. The minimum absolute atomic E-state index is 0.232. The molecular weight excluding hydrogens is 372 g/mol. The number of hydrogen-bond donors (Lipinski definition) is 2. The van der Waals surface area contributed by atoms with Gasteiger partial charge in [-0.05, 0) is 29.8 Å². The fraction of sp³-hybridized carbons (Fsp3) is 0.238. The molecular formula is C21H24N4O2S. The number of urea groups is 1. The summed E-state index contributed by atoms with van der Waals surface area (Å²) in [4.78, 5) is 18.1. The van der Waals surface area contributed by atoms with E-state index in [2.05, 4.69) is 27.8 Å². The fourth-order valence-electron chi connectivity index (χ4n) is 2.81. The monoisotopic (exact) mass is 396 g/mol. The van der Waals surface area contributed by atoms with Gasteiger partial charge in [0.05, 0.1) is 7.11 Å². The van der Waals surface area contributed by atoms with E-state index in [1.54, 1.807) is 25.1 Å². The maximum atomic E-state index is 12.5. The predicted molar refractivity (Wildman–Crippen MR) is 112 cm³/mol. The summed E-state index contributed by atoms with van der Waals surface area (Å²) in [7, 11) is 3.53. The number of methoxy groups -OCH3 is 1. The molecule has 0 aliphatic rings. The second-order valence-corrected chi connectivity index (χ2v) is 7.34. The summed E-state index contributed by atoms with van der Waals surface area (Å²) in [5, 5.41) is 5.95. The Kier molecular flexibility index (Phi) is 6.97. The number of carbonyl (C=O) groups is 1. The molecule has 28 heavy (non-hydrogen) atoms. The lowest BCUT2D eigenvalue weighted by Crippen LogP contribution is -2.40. The molecule has 6 nitrogen and oxygen atoms in total. The van der Waals surface area contributed by atoms with Crippen LogP contribution in [0.2, 0.25) is 0 Å². The highest BCUT2D eigenvalue weighted by molar-refractivity contribution is 7.99. The molecule has 0 radical (unpaired) electrons. The van der Waals surface area contributed by atoms with Gasteiger partial charge in [-0.1, -0.05) is 30.3 Å². The third kappa shape index (κ3) is 5.29. The number of aryl methyl sites for hydroxylation is 1. The third-order valence-corrected chi connectivity index (χ3v) is 5.23. The number of imidazole rings is 1. The van der Waals surface area contributed by atoms with E-state index >= 15 is 0 Å². The van der Waals surface area contributed by atoms with Crippen LogP contribution in [0, 0.1) is 0 Å². The Morgan fingerprint density at radius 3 is 2.75 bits per heavy atom. The zero-order valence-corrected chi connectivity index (χ0v) is 16.8. The fourth-order valence-corrected chi connectivity index (χ4v) is 3.60. The van der Waals surface area contributed by atoms with Crippen molar-refractivity contribution in [1.82, 2.24) is 20.2 Å². The van der Waals surface area contributed by atoms with Crippen molar-refractivity contribution in [3.8, 4) is 5.75 Å². The van der Waals surface area contributed by atoms with Gasteiger partial charge in [0.15, 0.2) is 0 Å². The van der Waals surface area contributed by atoms with Crippen LogP contribution in [0.3, 0.4) is 0 Å². The van der Waals surface area contributed by atoms with Gasteiger partial charge in [-0.3, -0.25) is 0 Å². The first kappa shape index (κ1) is 19.8. The minimum Gasteiger partial charge on any atom is -0.497 e. The summed E-state index contributed by atoms with van der Waals surface area (Å²) < 4.78 is 7.22. The van der Waals surface area contributed by atoms with Crippen molar-refractivity contribution in [2.24, 2.45) is 7.05 Å². The lowest BCUT2D eigenvalue weighted by molar-refractivity contribution is 0.238. The van der Waals surface area contributed by atoms with Crippen LogP contribution >= 0.6 is 11.8 Å². The lowest BCUT2D eigenvalue weighted by Gasteiger charge is -2.20. The van der Waals surface area contributed by atoms with E-state index < -0.39 is 0 Å². The molecule has 0 aliphatic carbocycles. The number of rotatable bonds is 8. The Labute approximate surface area is 169 Å². The number of nitrogens with zero attached hydrogens (tertiary/aromatic N) is 2. The molecule has 1 atom stereocenters. The number of ether oxygens (including phenoxy) is 1. The van der Waals surface area contributed by atoms with Crippen molar-refractivity contribution < 1.29 is 9.53 Å². The Balaban J connectivity index is 1.62. The van der Waals surface area contributed by atoms with Crippen LogP contribution in [0.1, 0.15) is 17.4 Å². The van der Waals surface area contributed by atoms with Gasteiger partial charge in [-0.2, -0.15) is 0 Å². The van der Waals surface area contributed by atoms with E-state index in [9.17, 15) is 4.79 Å². The number of hydrogen-bond acceptors (Lipinski definition) is 4. The SMILES string of the molecule is COc1cccc([C@@H](NC(=O)NCCSc2ccccc2)c2nccn2C)c1. The van der Waals surface area contributed by atoms with Crippen molar-refractivity contribution in [1.29, 1.82) is 0 Å². The van der Waals surface area contributed by atoms with Crippen LogP contribution in [0.25, 0.3) is 0 Å². The molecule has 1 heterocycles. The summed E-state index contributed by atoms with van der Waals surface area (Å²) in [6.07, 6.45) is 3.58. The van der Waals surface area contributed by atoms with Gasteiger partial charge in [0, 0.05) is 36.6 Å². The molecule has 0 aliphatic heterocycles. The number of thioether (sulfide) groups is 1. The molecule has 3 rings (SSSR count). The van der Waals surface area contributed by atoms with Crippen LogP contribution in [-0.2, 0) is 7.05 Å². The Morgan fingerprint density at radius 2 is 2.04 bits per heavy atom. The molecule has 2 aromatic carbocycles. The Morgan fingerprint density at radius 1 is 1.21 bits per heavy atom. The first-order valence-corrected chi connectivity index (χ1v) is 9.99. The summed E-state index contributed by atoms with van der Waals surface area (Å²) in [5.74, 6) is 2.28. The van der Waals surface area contributed by atoms with Crippen molar-refractivity contribution in [3.05, 3.63) is 78.4 Å². The molecule has 0 saturated carbocycles. The van der Waals surface area contributed by atoms with Crippen LogP contribution in [-0.4, -0.2) is 35.0 Å². The summed E-state index contributed by atoms with van der Waals surface area (Å²) in [6.45, 7) is 0.566. The highest BCUT2D eigenvalue weighted by Gasteiger charge is 2.21. The maximum Gasteiger partial charge on any atom is 0.315 e. The van der Waals surface area contributed by atoms with Gasteiger partial charge < -0.3 is 19.9 Å². The highest BCUT2D eigenvalue weighted by atomic mass is 32.2. The Bertz CT molecular complexity index is 898. The summed E-state index contributed by atoms with van der Waals surface area (Å²) in [5.41, 5.74) is 0.905. The van der Waals surface area contributed by atoms with Crippen molar-refractivity contribution in [2.45, 2.75) is 10.9 Å². The second kappa shape index (κ2) is 9.85. The molecule has 0 fully saturated rings. The van der Waals surface area contributed by atoms with Crippen LogP contribution < -0.4 is 15.4 Å². The molecule has 0 bridgehead atoms. The molecule has 0 spiro atoms. The van der Waals surface area contributed by atoms with Crippen LogP contribution in [0.15, 0.2) is 71.9 Å². The van der Waals surface area contributed by atoms with Gasteiger partial charge in [-0.15, -0.1) is 11.8 Å². The standard InChI is InChI=1S/C21H24N4O2S/c1-25-13-11-22-20(25)19(16-7-6-8-17(15-16)27-2)24-21(26)23-12-14-28-18-9-4-3-5-10-18/h3-11,13,15,19H,12,14H2,1-2H3,(H2,23,24,26)/t19-/m1/s1. The highest BCUT2D eigenvalue weighted by Crippen LogP contribution is 2.24. The first-order valence-electron chi connectivity index (χ1n) is 9.01. The number of nitrogens with one attached hydrogen (secondary N) is 2. The zero-order chi connectivity index (χ0) is 19.8. The first-order chi connectivity index (χ1) is 13.7. The third-order valence-electron chi connectivity index (χ3n) is 4.22. The van der Waals surface area contributed by atoms with E-state index in [1.165, 1.54) is 4.90 Å². The van der Waals surface area contributed by atoms with Crippen molar-refractivity contribution in [2.75, 3.05) is 19.4 Å². The van der Waals surface area contributed by atoms with E-state index in [-0.39, 0.29) is 12.1 Å². The van der Waals surface area contributed by atoms with Gasteiger partial charge in [0.25, 0.3) is 0 Å². The molecule has 7 heteroatoms. The molecule has 0 unspecified atom stereocenters. The van der Waals surface area contributed by atoms with Crippen molar-refractivity contribution >= 4 is 17.8 Å². The number of benzene rings is 2. The van der Waals surface area contributed by atoms with Gasteiger partial charge >= 0.3 is 6.03 Å². The number of amides is 2. The molecule has 0 saturated heterocycles. The van der Waals surface area contributed by atoms with Crippen molar-refractivity contribution in [3.63, 3.8) is 0 Å². The quantitative estimate of drug-likeness (QED) is 0.451. The van der Waals surface area contributed by atoms with E-state index in [1.807, 2.05) is 60.3 Å². The van der Waals surface area contributed by atoms with Crippen LogP contribution in [0.5, 0.6) is 5.75 Å². The smallest absolute Gasteiger partial charge is 0.315 e. The predicted octanol–water partition coefficient (Wildman–Crippen LogP) is 3.61. The van der Waals surface area contributed by atoms with Crippen LogP contribution in [0.4, 0.5) is 4.79 Å². The molecule has 146 valence electrons. The Hall–Kier alpha value is -2.93. The molecule has 3 aromatic rings. The zero-order valence-electron chi connectivity index (χ0n) is 16.0. The topological polar surface area (TPSA) is 68.2 Å². The van der Waals surface area contributed by atoms with E-state index in [0.717, 1.165) is 22.9 Å². The molecule has 2 N–H and O–H groups in total. The average molecular weight is 397 g/mol.